The smallest absolute Gasteiger partial charge is 0.262 e. The third-order valence-electron chi connectivity index (χ3n) is 3.39. The summed E-state index contributed by atoms with van der Waals surface area (Å²) in [6, 6.07) is 9.09. The second kappa shape index (κ2) is 6.89. The van der Waals surface area contributed by atoms with E-state index in [2.05, 4.69) is 4.72 Å². The molecule has 2 aromatic rings. The Morgan fingerprint density at radius 3 is 2.32 bits per heavy atom. The van der Waals surface area contributed by atoms with Crippen molar-refractivity contribution in [3.8, 4) is 5.75 Å². The van der Waals surface area contributed by atoms with E-state index in [-0.39, 0.29) is 22.0 Å². The largest absolute Gasteiger partial charge is 0.494 e. The first-order valence-corrected chi connectivity index (χ1v) is 10.3. The van der Waals surface area contributed by atoms with E-state index in [1.165, 1.54) is 50.6 Å². The second-order valence-electron chi connectivity index (χ2n) is 5.18. The molecule has 1 N–H and O–H groups in total. The van der Waals surface area contributed by atoms with Crippen molar-refractivity contribution in [2.75, 3.05) is 29.4 Å². The highest BCUT2D eigenvalue weighted by Crippen LogP contribution is 2.25. The number of rotatable bonds is 6. The molecule has 25 heavy (non-hydrogen) atoms. The zero-order valence-corrected chi connectivity index (χ0v) is 15.4. The Bertz CT molecular complexity index is 991. The van der Waals surface area contributed by atoms with Crippen molar-refractivity contribution < 1.29 is 26.0 Å². The summed E-state index contributed by atoms with van der Waals surface area (Å²) in [5.41, 5.74) is 0.424. The van der Waals surface area contributed by atoms with Crippen LogP contribution in [0.25, 0.3) is 0 Å². The monoisotopic (exact) mass is 388 g/mol. The van der Waals surface area contributed by atoms with Crippen LogP contribution >= 0.6 is 0 Å². The minimum absolute atomic E-state index is 0.0734. The first-order chi connectivity index (χ1) is 11.5. The molecular formula is C15H17FN2O5S2. The normalized spacial score (nSPS) is 11.8. The van der Waals surface area contributed by atoms with Gasteiger partial charge >= 0.3 is 0 Å². The third kappa shape index (κ3) is 4.40. The molecule has 0 aromatic heterocycles. The minimum Gasteiger partial charge on any atom is -0.494 e. The van der Waals surface area contributed by atoms with Gasteiger partial charge in [-0.15, -0.1) is 0 Å². The average molecular weight is 388 g/mol. The zero-order valence-electron chi connectivity index (χ0n) is 13.7. The Kier molecular flexibility index (Phi) is 5.23. The molecule has 0 spiro atoms. The van der Waals surface area contributed by atoms with Crippen LogP contribution in [-0.4, -0.2) is 37.2 Å². The summed E-state index contributed by atoms with van der Waals surface area (Å²) in [6.07, 6.45) is 1.03. The van der Waals surface area contributed by atoms with Gasteiger partial charge < -0.3 is 4.74 Å². The number of sulfonamides is 2. The van der Waals surface area contributed by atoms with Gasteiger partial charge in [0.2, 0.25) is 10.0 Å². The van der Waals surface area contributed by atoms with Gasteiger partial charge in [0.1, 0.15) is 0 Å². The lowest BCUT2D eigenvalue weighted by Gasteiger charge is -2.17. The topological polar surface area (TPSA) is 92.8 Å². The van der Waals surface area contributed by atoms with Crippen molar-refractivity contribution in [3.05, 3.63) is 48.3 Å². The number of anilines is 2. The molecule has 0 fully saturated rings. The van der Waals surface area contributed by atoms with E-state index in [1.807, 2.05) is 0 Å². The molecular weight excluding hydrogens is 371 g/mol. The molecule has 0 radical (unpaired) electrons. The molecule has 0 bridgehead atoms. The summed E-state index contributed by atoms with van der Waals surface area (Å²) in [5.74, 6) is -0.883. The maximum Gasteiger partial charge on any atom is 0.262 e. The molecule has 136 valence electrons. The van der Waals surface area contributed by atoms with E-state index in [1.54, 1.807) is 0 Å². The number of halogens is 1. The van der Waals surface area contributed by atoms with E-state index >= 15 is 0 Å². The van der Waals surface area contributed by atoms with E-state index in [0.29, 0.717) is 0 Å². The van der Waals surface area contributed by atoms with Crippen LogP contribution in [0.5, 0.6) is 5.75 Å². The quantitative estimate of drug-likeness (QED) is 0.817. The summed E-state index contributed by atoms with van der Waals surface area (Å²) in [7, 11) is -4.92. The second-order valence-corrected chi connectivity index (χ2v) is 8.88. The number of benzene rings is 2. The third-order valence-corrected chi connectivity index (χ3v) is 5.98. The molecule has 0 heterocycles. The molecule has 0 saturated carbocycles. The van der Waals surface area contributed by atoms with Crippen molar-refractivity contribution >= 4 is 31.4 Å². The van der Waals surface area contributed by atoms with Gasteiger partial charge in [0.15, 0.2) is 11.6 Å². The van der Waals surface area contributed by atoms with E-state index in [0.717, 1.165) is 16.6 Å². The highest BCUT2D eigenvalue weighted by atomic mass is 32.2. The van der Waals surface area contributed by atoms with E-state index in [9.17, 15) is 21.2 Å². The fourth-order valence-corrected chi connectivity index (χ4v) is 3.54. The number of methoxy groups -OCH3 is 1. The molecule has 0 unspecified atom stereocenters. The van der Waals surface area contributed by atoms with Gasteiger partial charge in [-0.25, -0.2) is 21.2 Å². The highest BCUT2D eigenvalue weighted by molar-refractivity contribution is 7.92. The number of hydrogen-bond acceptors (Lipinski definition) is 5. The fraction of sp³-hybridized carbons (Fsp3) is 0.200. The van der Waals surface area contributed by atoms with Crippen LogP contribution in [0.15, 0.2) is 47.4 Å². The predicted octanol–water partition coefficient (Wildman–Crippen LogP) is 2.03. The highest BCUT2D eigenvalue weighted by Gasteiger charge is 2.18. The molecule has 0 atom stereocenters. The van der Waals surface area contributed by atoms with Gasteiger partial charge in [0.05, 0.1) is 29.6 Å². The summed E-state index contributed by atoms with van der Waals surface area (Å²) in [6.45, 7) is 0. The summed E-state index contributed by atoms with van der Waals surface area (Å²) in [5, 5.41) is 0. The Morgan fingerprint density at radius 1 is 1.08 bits per heavy atom. The Balaban J connectivity index is 2.34. The van der Waals surface area contributed by atoms with E-state index in [4.69, 9.17) is 4.74 Å². The molecule has 0 amide bonds. The standard InChI is InChI=1S/C15H17FN2O5S2/c1-18(24(3,19)20)12-6-4-5-11(9-12)17-25(21,22)13-7-8-15(23-2)14(16)10-13/h4-10,17H,1-3H3. The van der Waals surface area contributed by atoms with Crippen LogP contribution in [-0.2, 0) is 20.0 Å². The van der Waals surface area contributed by atoms with Crippen molar-refractivity contribution in [2.45, 2.75) is 4.90 Å². The maximum atomic E-state index is 13.7. The number of hydrogen-bond donors (Lipinski definition) is 1. The van der Waals surface area contributed by atoms with Crippen molar-refractivity contribution in [1.82, 2.24) is 0 Å². The average Bonchev–Trinajstić information content (AvgIpc) is 2.53. The predicted molar refractivity (Wildman–Crippen MR) is 93.4 cm³/mol. The molecule has 0 aliphatic heterocycles. The zero-order chi connectivity index (χ0) is 18.8. The van der Waals surface area contributed by atoms with Crippen molar-refractivity contribution in [2.24, 2.45) is 0 Å². The van der Waals surface area contributed by atoms with Crippen LogP contribution in [0.1, 0.15) is 0 Å². The number of nitrogens with zero attached hydrogens (tertiary/aromatic N) is 1. The molecule has 7 nitrogen and oxygen atoms in total. The summed E-state index contributed by atoms with van der Waals surface area (Å²) < 4.78 is 69.7. The Morgan fingerprint density at radius 2 is 1.76 bits per heavy atom. The molecule has 0 aliphatic rings. The minimum atomic E-state index is -4.05. The van der Waals surface area contributed by atoms with Crippen LogP contribution in [0.4, 0.5) is 15.8 Å². The van der Waals surface area contributed by atoms with Crippen LogP contribution in [0.2, 0.25) is 0 Å². The molecule has 0 aliphatic carbocycles. The van der Waals surface area contributed by atoms with Gasteiger partial charge in [0, 0.05) is 7.05 Å². The first-order valence-electron chi connectivity index (χ1n) is 6.95. The van der Waals surface area contributed by atoms with Crippen molar-refractivity contribution in [3.63, 3.8) is 0 Å². The fourth-order valence-electron chi connectivity index (χ4n) is 1.99. The Labute approximate surface area is 146 Å². The van der Waals surface area contributed by atoms with Gasteiger partial charge in [0.25, 0.3) is 10.0 Å². The van der Waals surface area contributed by atoms with Gasteiger partial charge in [-0.05, 0) is 36.4 Å². The van der Waals surface area contributed by atoms with Gasteiger partial charge in [-0.2, -0.15) is 0 Å². The summed E-state index contributed by atoms with van der Waals surface area (Å²) >= 11 is 0. The SMILES string of the molecule is COc1ccc(S(=O)(=O)Nc2cccc(N(C)S(C)(=O)=O)c2)cc1F. The van der Waals surface area contributed by atoms with Gasteiger partial charge in [-0.3, -0.25) is 9.03 Å². The molecule has 0 saturated heterocycles. The van der Waals surface area contributed by atoms with Gasteiger partial charge in [-0.1, -0.05) is 6.07 Å². The summed E-state index contributed by atoms with van der Waals surface area (Å²) in [4.78, 5) is -0.285. The lowest BCUT2D eigenvalue weighted by molar-refractivity contribution is 0.385. The van der Waals surface area contributed by atoms with E-state index < -0.39 is 25.9 Å². The molecule has 2 rings (SSSR count). The lowest BCUT2D eigenvalue weighted by atomic mass is 10.3. The van der Waals surface area contributed by atoms with Crippen LogP contribution < -0.4 is 13.8 Å². The maximum absolute atomic E-state index is 13.7. The van der Waals surface area contributed by atoms with Crippen LogP contribution in [0.3, 0.4) is 0 Å². The number of ether oxygens (including phenoxy) is 1. The number of nitrogens with one attached hydrogen (secondary N) is 1. The van der Waals surface area contributed by atoms with Crippen molar-refractivity contribution in [1.29, 1.82) is 0 Å². The molecule has 10 heteroatoms. The lowest BCUT2D eigenvalue weighted by Crippen LogP contribution is -2.24. The molecule has 2 aromatic carbocycles. The van der Waals surface area contributed by atoms with Crippen LogP contribution in [0, 0.1) is 5.82 Å². The Hall–Kier alpha value is -2.33. The first kappa shape index (κ1) is 19.0.